The van der Waals surface area contributed by atoms with Crippen molar-refractivity contribution in [2.24, 2.45) is 0 Å². The number of aryl methyl sites for hydroxylation is 2. The average Bonchev–Trinajstić information content (AvgIpc) is 3.08. The molecule has 0 atom stereocenters. The molecule has 0 bridgehead atoms. The van der Waals surface area contributed by atoms with Crippen molar-refractivity contribution in [1.82, 2.24) is 10.2 Å². The van der Waals surface area contributed by atoms with Crippen molar-refractivity contribution in [3.63, 3.8) is 0 Å². The van der Waals surface area contributed by atoms with E-state index in [9.17, 15) is 9.18 Å². The first kappa shape index (κ1) is 18.2. The second-order valence-electron chi connectivity index (χ2n) is 6.23. The van der Waals surface area contributed by atoms with Gasteiger partial charge in [0, 0.05) is 17.7 Å². The van der Waals surface area contributed by atoms with Gasteiger partial charge in [0.2, 0.25) is 5.13 Å². The first-order valence-electron chi connectivity index (χ1n) is 8.47. The number of halogens is 1. The zero-order valence-corrected chi connectivity index (χ0v) is 15.8. The Labute approximate surface area is 156 Å². The number of benzene rings is 2. The van der Waals surface area contributed by atoms with Crippen molar-refractivity contribution in [3.8, 4) is 10.6 Å². The van der Waals surface area contributed by atoms with E-state index in [1.54, 1.807) is 17.0 Å². The van der Waals surface area contributed by atoms with Crippen LogP contribution in [0.4, 0.5) is 9.52 Å². The lowest BCUT2D eigenvalue weighted by atomic mass is 10.1. The van der Waals surface area contributed by atoms with Gasteiger partial charge in [-0.05, 0) is 44.5 Å². The van der Waals surface area contributed by atoms with Gasteiger partial charge >= 0.3 is 0 Å². The van der Waals surface area contributed by atoms with Crippen molar-refractivity contribution in [2.75, 3.05) is 11.4 Å². The van der Waals surface area contributed by atoms with Crippen molar-refractivity contribution in [2.45, 2.75) is 27.2 Å². The van der Waals surface area contributed by atoms with E-state index < -0.39 is 0 Å². The van der Waals surface area contributed by atoms with Gasteiger partial charge in [-0.3, -0.25) is 9.69 Å². The van der Waals surface area contributed by atoms with Crippen LogP contribution in [0.3, 0.4) is 0 Å². The van der Waals surface area contributed by atoms with Gasteiger partial charge in [-0.15, -0.1) is 10.2 Å². The highest BCUT2D eigenvalue weighted by Gasteiger charge is 2.21. The minimum absolute atomic E-state index is 0.0967. The lowest BCUT2D eigenvalue weighted by molar-refractivity contribution is 0.0986. The molecule has 3 rings (SSSR count). The van der Waals surface area contributed by atoms with Crippen molar-refractivity contribution in [3.05, 3.63) is 65.0 Å². The number of rotatable bonds is 5. The molecular weight excluding hydrogens is 349 g/mol. The van der Waals surface area contributed by atoms with Crippen LogP contribution in [-0.2, 0) is 0 Å². The Balaban J connectivity index is 1.94. The van der Waals surface area contributed by atoms with E-state index in [0.29, 0.717) is 27.8 Å². The summed E-state index contributed by atoms with van der Waals surface area (Å²) in [5.41, 5.74) is 3.38. The molecule has 1 heterocycles. The fourth-order valence-electron chi connectivity index (χ4n) is 2.82. The maximum atomic E-state index is 13.5. The van der Waals surface area contributed by atoms with Gasteiger partial charge < -0.3 is 0 Å². The van der Waals surface area contributed by atoms with Crippen LogP contribution in [0.5, 0.6) is 0 Å². The molecule has 0 saturated carbocycles. The molecule has 0 fully saturated rings. The number of nitrogens with zero attached hydrogens (tertiary/aromatic N) is 3. The molecule has 26 heavy (non-hydrogen) atoms. The van der Waals surface area contributed by atoms with Crippen LogP contribution in [0, 0.1) is 19.7 Å². The second-order valence-corrected chi connectivity index (χ2v) is 7.19. The van der Waals surface area contributed by atoms with E-state index in [0.717, 1.165) is 17.5 Å². The molecule has 0 N–H and O–H groups in total. The Bertz CT molecular complexity index is 918. The fourth-order valence-corrected chi connectivity index (χ4v) is 3.69. The van der Waals surface area contributed by atoms with Crippen LogP contribution in [0.1, 0.15) is 34.8 Å². The Kier molecular flexibility index (Phi) is 5.42. The predicted molar refractivity (Wildman–Crippen MR) is 103 cm³/mol. The normalized spacial score (nSPS) is 10.8. The van der Waals surface area contributed by atoms with Crippen molar-refractivity contribution < 1.29 is 9.18 Å². The van der Waals surface area contributed by atoms with Crippen molar-refractivity contribution >= 4 is 22.4 Å². The third kappa shape index (κ3) is 3.96. The number of carbonyl (C=O) groups is 1. The van der Waals surface area contributed by atoms with Gasteiger partial charge in [-0.1, -0.05) is 47.6 Å². The van der Waals surface area contributed by atoms with Crippen LogP contribution in [0.2, 0.25) is 0 Å². The summed E-state index contributed by atoms with van der Waals surface area (Å²) in [4.78, 5) is 14.7. The third-order valence-electron chi connectivity index (χ3n) is 3.88. The standard InChI is InChI=1S/C20H20FN3OS/c1-4-8-24(19(25)16-10-13(2)9-14(3)11-16)20-23-22-18(26-20)15-6-5-7-17(21)12-15/h5-7,9-12H,4,8H2,1-3H3. The van der Waals surface area contributed by atoms with Gasteiger partial charge in [-0.25, -0.2) is 4.39 Å². The molecule has 0 radical (unpaired) electrons. The largest absolute Gasteiger partial charge is 0.283 e. The molecule has 4 nitrogen and oxygen atoms in total. The Hall–Kier alpha value is -2.60. The van der Waals surface area contributed by atoms with Gasteiger partial charge in [0.1, 0.15) is 10.8 Å². The molecule has 0 saturated heterocycles. The minimum Gasteiger partial charge on any atom is -0.283 e. The summed E-state index contributed by atoms with van der Waals surface area (Å²) in [6.07, 6.45) is 0.797. The number of carbonyl (C=O) groups excluding carboxylic acids is 1. The zero-order chi connectivity index (χ0) is 18.7. The highest BCUT2D eigenvalue weighted by molar-refractivity contribution is 7.18. The number of anilines is 1. The number of hydrogen-bond donors (Lipinski definition) is 0. The monoisotopic (exact) mass is 369 g/mol. The minimum atomic E-state index is -0.323. The van der Waals surface area contributed by atoms with Gasteiger partial charge in [0.15, 0.2) is 0 Å². The van der Waals surface area contributed by atoms with Gasteiger partial charge in [-0.2, -0.15) is 0 Å². The zero-order valence-electron chi connectivity index (χ0n) is 15.0. The molecule has 134 valence electrons. The smallest absolute Gasteiger partial charge is 0.260 e. The van der Waals surface area contributed by atoms with Crippen LogP contribution in [0.15, 0.2) is 42.5 Å². The molecule has 0 unspecified atom stereocenters. The molecule has 0 aliphatic heterocycles. The quantitative estimate of drug-likeness (QED) is 0.634. The first-order valence-corrected chi connectivity index (χ1v) is 9.29. The van der Waals surface area contributed by atoms with Crippen LogP contribution < -0.4 is 4.90 Å². The summed E-state index contributed by atoms with van der Waals surface area (Å²) in [7, 11) is 0. The molecule has 0 aliphatic carbocycles. The van der Waals surface area contributed by atoms with Crippen molar-refractivity contribution in [1.29, 1.82) is 0 Å². The molecule has 1 amide bonds. The maximum absolute atomic E-state index is 13.5. The van der Waals surface area contributed by atoms with E-state index in [1.807, 2.05) is 39.0 Å². The highest BCUT2D eigenvalue weighted by Crippen LogP contribution is 2.30. The van der Waals surface area contributed by atoms with Crippen LogP contribution in [-0.4, -0.2) is 22.6 Å². The summed E-state index contributed by atoms with van der Waals surface area (Å²) in [5, 5.41) is 9.45. The van der Waals surface area contributed by atoms with Gasteiger partial charge in [0.05, 0.1) is 0 Å². The van der Waals surface area contributed by atoms with E-state index >= 15 is 0 Å². The van der Waals surface area contributed by atoms with E-state index in [4.69, 9.17) is 0 Å². The summed E-state index contributed by atoms with van der Waals surface area (Å²) in [6, 6.07) is 12.0. The summed E-state index contributed by atoms with van der Waals surface area (Å²) in [5.74, 6) is -0.420. The predicted octanol–water partition coefficient (Wildman–Crippen LogP) is 5.02. The Morgan fingerprint density at radius 2 is 1.85 bits per heavy atom. The SMILES string of the molecule is CCCN(C(=O)c1cc(C)cc(C)c1)c1nnc(-c2cccc(F)c2)s1. The lowest BCUT2D eigenvalue weighted by Crippen LogP contribution is -2.31. The van der Waals surface area contributed by atoms with E-state index in [1.165, 1.54) is 23.5 Å². The molecule has 0 spiro atoms. The first-order chi connectivity index (χ1) is 12.5. The molecular formula is C20H20FN3OS. The second kappa shape index (κ2) is 7.74. The third-order valence-corrected chi connectivity index (χ3v) is 4.87. The lowest BCUT2D eigenvalue weighted by Gasteiger charge is -2.19. The Morgan fingerprint density at radius 3 is 2.50 bits per heavy atom. The van der Waals surface area contributed by atoms with E-state index in [2.05, 4.69) is 10.2 Å². The summed E-state index contributed by atoms with van der Waals surface area (Å²) in [6.45, 7) is 6.50. The number of hydrogen-bond acceptors (Lipinski definition) is 4. The summed E-state index contributed by atoms with van der Waals surface area (Å²) < 4.78 is 13.5. The molecule has 0 aliphatic rings. The molecule has 2 aromatic carbocycles. The fraction of sp³-hybridized carbons (Fsp3) is 0.250. The highest BCUT2D eigenvalue weighted by atomic mass is 32.1. The van der Waals surface area contributed by atoms with Crippen LogP contribution in [0.25, 0.3) is 10.6 Å². The Morgan fingerprint density at radius 1 is 1.12 bits per heavy atom. The van der Waals surface area contributed by atoms with Gasteiger partial charge in [0.25, 0.3) is 5.91 Å². The molecule has 3 aromatic rings. The molecule has 1 aromatic heterocycles. The molecule has 6 heteroatoms. The topological polar surface area (TPSA) is 46.1 Å². The maximum Gasteiger partial charge on any atom is 0.260 e. The van der Waals surface area contributed by atoms with E-state index in [-0.39, 0.29) is 11.7 Å². The number of aromatic nitrogens is 2. The number of amides is 1. The van der Waals surface area contributed by atoms with Crippen LogP contribution >= 0.6 is 11.3 Å². The summed E-state index contributed by atoms with van der Waals surface area (Å²) >= 11 is 1.29. The average molecular weight is 369 g/mol.